The molecule has 0 radical (unpaired) electrons. The van der Waals surface area contributed by atoms with Crippen molar-refractivity contribution in [3.05, 3.63) is 48.0 Å². The lowest BCUT2D eigenvalue weighted by molar-refractivity contribution is 0.101. The van der Waals surface area contributed by atoms with Gasteiger partial charge in [-0.2, -0.15) is 0 Å². The van der Waals surface area contributed by atoms with Gasteiger partial charge in [-0.15, -0.1) is 0 Å². The average Bonchev–Trinajstić information content (AvgIpc) is 2.84. The van der Waals surface area contributed by atoms with E-state index in [-0.39, 0.29) is 5.91 Å². The molecule has 1 aromatic heterocycles. The quantitative estimate of drug-likeness (QED) is 0.501. The molecule has 0 saturated heterocycles. The fraction of sp³-hybridized carbons (Fsp3) is 0.154. The zero-order chi connectivity index (χ0) is 13.8. The molecule has 6 heteroatoms. The number of hydrogen-bond donors (Lipinski definition) is 2. The summed E-state index contributed by atoms with van der Waals surface area (Å²) < 4.78 is 1.64. The van der Waals surface area contributed by atoms with Crippen LogP contribution in [0, 0.1) is 0 Å². The normalized spacial score (nSPS) is 11.4. The zero-order valence-corrected chi connectivity index (χ0v) is 10.7. The molecule has 0 saturated carbocycles. The first-order chi connectivity index (χ1) is 9.11. The predicted octanol–water partition coefficient (Wildman–Crippen LogP) is 1.87. The number of oxime groups is 1. The third-order valence-corrected chi connectivity index (χ3v) is 2.74. The van der Waals surface area contributed by atoms with Gasteiger partial charge in [0.1, 0.15) is 5.69 Å². The van der Waals surface area contributed by atoms with Crippen molar-refractivity contribution in [1.82, 2.24) is 9.55 Å². The molecule has 2 aromatic rings. The number of hydrogen-bond acceptors (Lipinski definition) is 4. The summed E-state index contributed by atoms with van der Waals surface area (Å²) >= 11 is 0. The number of amides is 1. The van der Waals surface area contributed by atoms with Crippen LogP contribution in [0.3, 0.4) is 0 Å². The van der Waals surface area contributed by atoms with Gasteiger partial charge in [0.25, 0.3) is 5.91 Å². The molecule has 6 nitrogen and oxygen atoms in total. The fourth-order valence-corrected chi connectivity index (χ4v) is 1.65. The molecule has 0 atom stereocenters. The molecule has 1 heterocycles. The number of imidazole rings is 1. The van der Waals surface area contributed by atoms with E-state index in [2.05, 4.69) is 15.5 Å². The second-order valence-electron chi connectivity index (χ2n) is 4.11. The Bertz CT molecular complexity index is 631. The fourth-order valence-electron chi connectivity index (χ4n) is 1.65. The standard InChI is InChI=1S/C13H14N4O2/c1-9(16-19)10-4-3-5-11(6-10)15-13(18)12-7-14-8-17(12)2/h3-8,19H,1-2H3,(H,15,18)/b16-9-. The van der Waals surface area contributed by atoms with Crippen molar-refractivity contribution in [3.63, 3.8) is 0 Å². The van der Waals surface area contributed by atoms with Crippen molar-refractivity contribution in [3.8, 4) is 0 Å². The zero-order valence-electron chi connectivity index (χ0n) is 10.7. The van der Waals surface area contributed by atoms with E-state index in [1.807, 2.05) is 0 Å². The minimum absolute atomic E-state index is 0.240. The largest absolute Gasteiger partial charge is 0.411 e. The van der Waals surface area contributed by atoms with Crippen molar-refractivity contribution in [2.24, 2.45) is 12.2 Å². The summed E-state index contributed by atoms with van der Waals surface area (Å²) in [5, 5.41) is 14.6. The second-order valence-corrected chi connectivity index (χ2v) is 4.11. The maximum atomic E-state index is 12.0. The number of benzene rings is 1. The Morgan fingerprint density at radius 1 is 1.47 bits per heavy atom. The molecule has 98 valence electrons. The smallest absolute Gasteiger partial charge is 0.273 e. The molecule has 0 bridgehead atoms. The van der Waals surface area contributed by atoms with E-state index >= 15 is 0 Å². The van der Waals surface area contributed by atoms with Crippen LogP contribution in [-0.4, -0.2) is 26.4 Å². The summed E-state index contributed by atoms with van der Waals surface area (Å²) in [5.74, 6) is -0.240. The highest BCUT2D eigenvalue weighted by Crippen LogP contribution is 2.13. The number of nitrogens with one attached hydrogen (secondary N) is 1. The van der Waals surface area contributed by atoms with E-state index in [1.54, 1.807) is 49.1 Å². The van der Waals surface area contributed by atoms with E-state index < -0.39 is 0 Å². The number of aryl methyl sites for hydroxylation is 1. The van der Waals surface area contributed by atoms with E-state index in [4.69, 9.17) is 5.21 Å². The summed E-state index contributed by atoms with van der Waals surface area (Å²) in [6.45, 7) is 1.68. The predicted molar refractivity (Wildman–Crippen MR) is 71.6 cm³/mol. The highest BCUT2D eigenvalue weighted by atomic mass is 16.4. The molecule has 0 fully saturated rings. The lowest BCUT2D eigenvalue weighted by Gasteiger charge is -2.07. The lowest BCUT2D eigenvalue weighted by Crippen LogP contribution is -2.15. The van der Waals surface area contributed by atoms with Gasteiger partial charge in [-0.25, -0.2) is 4.98 Å². The molecule has 0 aliphatic rings. The van der Waals surface area contributed by atoms with Crippen LogP contribution >= 0.6 is 0 Å². The minimum atomic E-state index is -0.240. The van der Waals surface area contributed by atoms with Gasteiger partial charge in [-0.1, -0.05) is 17.3 Å². The Labute approximate surface area is 110 Å². The maximum absolute atomic E-state index is 12.0. The monoisotopic (exact) mass is 258 g/mol. The third-order valence-electron chi connectivity index (χ3n) is 2.74. The van der Waals surface area contributed by atoms with Crippen molar-refractivity contribution >= 4 is 17.3 Å². The Morgan fingerprint density at radius 2 is 2.26 bits per heavy atom. The van der Waals surface area contributed by atoms with Gasteiger partial charge in [0.15, 0.2) is 0 Å². The van der Waals surface area contributed by atoms with Crippen molar-refractivity contribution in [1.29, 1.82) is 0 Å². The molecular formula is C13H14N4O2. The number of aromatic nitrogens is 2. The first-order valence-corrected chi connectivity index (χ1v) is 5.68. The van der Waals surface area contributed by atoms with Crippen molar-refractivity contribution < 1.29 is 10.0 Å². The van der Waals surface area contributed by atoms with Gasteiger partial charge in [0.2, 0.25) is 0 Å². The summed E-state index contributed by atoms with van der Waals surface area (Å²) in [6.07, 6.45) is 3.06. The maximum Gasteiger partial charge on any atom is 0.273 e. The Kier molecular flexibility index (Phi) is 3.61. The van der Waals surface area contributed by atoms with Crippen LogP contribution in [0.5, 0.6) is 0 Å². The molecule has 0 aliphatic heterocycles. The third kappa shape index (κ3) is 2.79. The molecule has 2 rings (SSSR count). The number of carbonyl (C=O) groups excluding carboxylic acids is 1. The summed E-state index contributed by atoms with van der Waals surface area (Å²) in [7, 11) is 1.75. The van der Waals surface area contributed by atoms with Crippen LogP contribution in [0.15, 0.2) is 41.9 Å². The molecule has 1 amide bonds. The number of rotatable bonds is 3. The molecule has 0 aliphatic carbocycles. The van der Waals surface area contributed by atoms with E-state index in [0.29, 0.717) is 17.1 Å². The SMILES string of the molecule is C/C(=N/O)c1cccc(NC(=O)c2cncn2C)c1. The van der Waals surface area contributed by atoms with Crippen molar-refractivity contribution in [2.75, 3.05) is 5.32 Å². The summed E-state index contributed by atoms with van der Waals surface area (Å²) in [5.41, 5.74) is 2.33. The molecule has 0 unspecified atom stereocenters. The Morgan fingerprint density at radius 3 is 2.89 bits per heavy atom. The summed E-state index contributed by atoms with van der Waals surface area (Å²) in [4.78, 5) is 15.9. The van der Waals surface area contributed by atoms with Gasteiger partial charge in [0, 0.05) is 18.3 Å². The van der Waals surface area contributed by atoms with Gasteiger partial charge >= 0.3 is 0 Å². The molecular weight excluding hydrogens is 244 g/mol. The first-order valence-electron chi connectivity index (χ1n) is 5.68. The molecule has 1 aromatic carbocycles. The first kappa shape index (κ1) is 12.8. The van der Waals surface area contributed by atoms with Crippen LogP contribution in [-0.2, 0) is 7.05 Å². The Hall–Kier alpha value is -2.63. The number of carbonyl (C=O) groups is 1. The minimum Gasteiger partial charge on any atom is -0.411 e. The van der Waals surface area contributed by atoms with Gasteiger partial charge < -0.3 is 15.1 Å². The van der Waals surface area contributed by atoms with Crippen LogP contribution in [0.1, 0.15) is 23.0 Å². The van der Waals surface area contributed by atoms with E-state index in [0.717, 1.165) is 5.56 Å². The van der Waals surface area contributed by atoms with Crippen LogP contribution in [0.4, 0.5) is 5.69 Å². The van der Waals surface area contributed by atoms with Crippen LogP contribution in [0.2, 0.25) is 0 Å². The van der Waals surface area contributed by atoms with Crippen LogP contribution < -0.4 is 5.32 Å². The molecule has 2 N–H and O–H groups in total. The number of anilines is 1. The highest BCUT2D eigenvalue weighted by Gasteiger charge is 2.10. The van der Waals surface area contributed by atoms with Crippen LogP contribution in [0.25, 0.3) is 0 Å². The average molecular weight is 258 g/mol. The highest BCUT2D eigenvalue weighted by molar-refractivity contribution is 6.04. The number of nitrogens with zero attached hydrogens (tertiary/aromatic N) is 3. The second kappa shape index (κ2) is 5.34. The van der Waals surface area contributed by atoms with Gasteiger partial charge in [-0.3, -0.25) is 4.79 Å². The molecule has 19 heavy (non-hydrogen) atoms. The van der Waals surface area contributed by atoms with Gasteiger partial charge in [-0.05, 0) is 19.1 Å². The van der Waals surface area contributed by atoms with Gasteiger partial charge in [0.05, 0.1) is 18.2 Å². The molecule has 0 spiro atoms. The van der Waals surface area contributed by atoms with Crippen molar-refractivity contribution in [2.45, 2.75) is 6.92 Å². The van der Waals surface area contributed by atoms with E-state index in [1.165, 1.54) is 6.20 Å². The topological polar surface area (TPSA) is 79.5 Å². The summed E-state index contributed by atoms with van der Waals surface area (Å²) in [6, 6.07) is 7.09. The Balaban J connectivity index is 2.20. The lowest BCUT2D eigenvalue weighted by atomic mass is 10.1. The van der Waals surface area contributed by atoms with E-state index in [9.17, 15) is 4.79 Å².